The maximum absolute atomic E-state index is 11.2. The summed E-state index contributed by atoms with van der Waals surface area (Å²) in [6.45, 7) is 2.79. The zero-order chi connectivity index (χ0) is 17.1. The summed E-state index contributed by atoms with van der Waals surface area (Å²) in [7, 11) is -1.20. The van der Waals surface area contributed by atoms with Crippen molar-refractivity contribution in [2.45, 2.75) is 30.7 Å². The van der Waals surface area contributed by atoms with Crippen LogP contribution < -0.4 is 10.6 Å². The molecule has 1 aromatic rings. The van der Waals surface area contributed by atoms with Gasteiger partial charge in [-0.3, -0.25) is 4.99 Å². The number of hydrogen-bond acceptors (Lipinski definition) is 4. The van der Waals surface area contributed by atoms with Crippen molar-refractivity contribution < 1.29 is 8.42 Å². The predicted octanol–water partition coefficient (Wildman–Crippen LogP) is 2.78. The van der Waals surface area contributed by atoms with Gasteiger partial charge in [0.05, 0.1) is 5.75 Å². The first kappa shape index (κ1) is 23.5. The largest absolute Gasteiger partial charge is 0.356 e. The Morgan fingerprint density at radius 2 is 1.96 bits per heavy atom. The number of thioether (sulfide) groups is 1. The standard InChI is InChI=1S/C16H27N3O2S2.HI/c1-14(10-13-23(3,20)21)19-16(17-2)18-11-7-12-22-15-8-5-4-6-9-15;/h4-6,8-9,14H,7,10-13H2,1-3H3,(H2,17,18,19);1H. The molecule has 0 bridgehead atoms. The van der Waals surface area contributed by atoms with E-state index >= 15 is 0 Å². The number of halogens is 1. The summed E-state index contributed by atoms with van der Waals surface area (Å²) >= 11 is 1.84. The van der Waals surface area contributed by atoms with Crippen LogP contribution in [0.5, 0.6) is 0 Å². The fourth-order valence-corrected chi connectivity index (χ4v) is 3.53. The monoisotopic (exact) mass is 485 g/mol. The van der Waals surface area contributed by atoms with Gasteiger partial charge in [-0.1, -0.05) is 18.2 Å². The second-order valence-corrected chi connectivity index (χ2v) is 8.91. The second-order valence-electron chi connectivity index (χ2n) is 5.48. The van der Waals surface area contributed by atoms with Gasteiger partial charge < -0.3 is 10.6 Å². The van der Waals surface area contributed by atoms with Crippen molar-refractivity contribution in [2.75, 3.05) is 31.4 Å². The first-order chi connectivity index (χ1) is 10.9. The third-order valence-electron chi connectivity index (χ3n) is 3.15. The van der Waals surface area contributed by atoms with Gasteiger partial charge in [0.1, 0.15) is 9.84 Å². The molecule has 0 aliphatic carbocycles. The Balaban J connectivity index is 0.00000529. The van der Waals surface area contributed by atoms with Gasteiger partial charge >= 0.3 is 0 Å². The highest BCUT2D eigenvalue weighted by atomic mass is 127. The average Bonchev–Trinajstić information content (AvgIpc) is 2.52. The van der Waals surface area contributed by atoms with Gasteiger partial charge in [0.25, 0.3) is 0 Å². The first-order valence-electron chi connectivity index (χ1n) is 7.73. The molecule has 1 aromatic carbocycles. The van der Waals surface area contributed by atoms with Crippen LogP contribution >= 0.6 is 35.7 Å². The van der Waals surface area contributed by atoms with E-state index in [1.807, 2.05) is 36.9 Å². The van der Waals surface area contributed by atoms with E-state index in [0.717, 1.165) is 24.7 Å². The summed E-state index contributed by atoms with van der Waals surface area (Å²) < 4.78 is 22.4. The number of sulfone groups is 1. The van der Waals surface area contributed by atoms with E-state index in [1.165, 1.54) is 11.2 Å². The molecule has 5 nitrogen and oxygen atoms in total. The topological polar surface area (TPSA) is 70.6 Å². The van der Waals surface area contributed by atoms with Gasteiger partial charge in [-0.2, -0.15) is 0 Å². The molecular weight excluding hydrogens is 457 g/mol. The molecule has 1 atom stereocenters. The summed E-state index contributed by atoms with van der Waals surface area (Å²) in [5.41, 5.74) is 0. The van der Waals surface area contributed by atoms with Crippen LogP contribution in [0.4, 0.5) is 0 Å². The van der Waals surface area contributed by atoms with Gasteiger partial charge in [-0.05, 0) is 37.7 Å². The minimum Gasteiger partial charge on any atom is -0.356 e. The summed E-state index contributed by atoms with van der Waals surface area (Å²) in [5, 5.41) is 6.48. The van der Waals surface area contributed by atoms with Crippen LogP contribution in [-0.4, -0.2) is 51.8 Å². The van der Waals surface area contributed by atoms with Crippen LogP contribution in [0.2, 0.25) is 0 Å². The van der Waals surface area contributed by atoms with Gasteiger partial charge in [0.2, 0.25) is 0 Å². The minimum absolute atomic E-state index is 0. The van der Waals surface area contributed by atoms with E-state index in [0.29, 0.717) is 6.42 Å². The zero-order valence-corrected chi connectivity index (χ0v) is 18.5. The highest BCUT2D eigenvalue weighted by molar-refractivity contribution is 14.0. The summed E-state index contributed by atoms with van der Waals surface area (Å²) in [4.78, 5) is 5.45. The minimum atomic E-state index is -2.92. The van der Waals surface area contributed by atoms with Crippen molar-refractivity contribution in [1.82, 2.24) is 10.6 Å². The number of guanidine groups is 1. The molecule has 0 saturated heterocycles. The molecule has 138 valence electrons. The Morgan fingerprint density at radius 1 is 1.29 bits per heavy atom. The molecule has 0 fully saturated rings. The third kappa shape index (κ3) is 12.0. The lowest BCUT2D eigenvalue weighted by Crippen LogP contribution is -2.43. The molecule has 0 saturated carbocycles. The van der Waals surface area contributed by atoms with Crippen LogP contribution in [0.25, 0.3) is 0 Å². The normalized spacial score (nSPS) is 13.0. The van der Waals surface area contributed by atoms with E-state index in [4.69, 9.17) is 0 Å². The Morgan fingerprint density at radius 3 is 2.54 bits per heavy atom. The van der Waals surface area contributed by atoms with Gasteiger partial charge in [0, 0.05) is 30.8 Å². The fourth-order valence-electron chi connectivity index (χ4n) is 1.88. The van der Waals surface area contributed by atoms with Crippen LogP contribution in [-0.2, 0) is 9.84 Å². The van der Waals surface area contributed by atoms with Crippen molar-refractivity contribution in [3.8, 4) is 0 Å². The molecule has 0 aliphatic rings. The molecule has 0 spiro atoms. The molecule has 0 aromatic heterocycles. The summed E-state index contributed by atoms with van der Waals surface area (Å²) in [6.07, 6.45) is 2.86. The second kappa shape index (κ2) is 12.8. The maximum atomic E-state index is 11.2. The third-order valence-corrected chi connectivity index (χ3v) is 5.23. The summed E-state index contributed by atoms with van der Waals surface area (Å²) in [5.74, 6) is 1.94. The Bertz CT molecular complexity index is 580. The van der Waals surface area contributed by atoms with Crippen LogP contribution in [0.15, 0.2) is 40.2 Å². The van der Waals surface area contributed by atoms with Gasteiger partial charge in [-0.25, -0.2) is 8.42 Å². The molecule has 0 amide bonds. The van der Waals surface area contributed by atoms with E-state index in [2.05, 4.69) is 27.8 Å². The van der Waals surface area contributed by atoms with Crippen LogP contribution in [0, 0.1) is 0 Å². The lowest BCUT2D eigenvalue weighted by atomic mass is 10.3. The molecule has 0 radical (unpaired) electrons. The zero-order valence-electron chi connectivity index (χ0n) is 14.5. The lowest BCUT2D eigenvalue weighted by Gasteiger charge is -2.17. The van der Waals surface area contributed by atoms with Crippen LogP contribution in [0.3, 0.4) is 0 Å². The van der Waals surface area contributed by atoms with Crippen molar-refractivity contribution in [3.05, 3.63) is 30.3 Å². The average molecular weight is 485 g/mol. The Hall–Kier alpha value is -0.480. The molecule has 2 N–H and O–H groups in total. The number of benzene rings is 1. The van der Waals surface area contributed by atoms with E-state index in [9.17, 15) is 8.42 Å². The van der Waals surface area contributed by atoms with Gasteiger partial charge in [-0.15, -0.1) is 35.7 Å². The fraction of sp³-hybridized carbons (Fsp3) is 0.562. The molecule has 8 heteroatoms. The van der Waals surface area contributed by atoms with Crippen LogP contribution in [0.1, 0.15) is 19.8 Å². The van der Waals surface area contributed by atoms with E-state index < -0.39 is 9.84 Å². The molecule has 0 aliphatic heterocycles. The van der Waals surface area contributed by atoms with Crippen molar-refractivity contribution in [3.63, 3.8) is 0 Å². The van der Waals surface area contributed by atoms with E-state index in [1.54, 1.807) is 7.05 Å². The van der Waals surface area contributed by atoms with Gasteiger partial charge in [0.15, 0.2) is 5.96 Å². The lowest BCUT2D eigenvalue weighted by molar-refractivity contribution is 0.581. The molecule has 1 unspecified atom stereocenters. The smallest absolute Gasteiger partial charge is 0.191 e. The quantitative estimate of drug-likeness (QED) is 0.185. The number of hydrogen-bond donors (Lipinski definition) is 2. The molecule has 0 heterocycles. The van der Waals surface area contributed by atoms with Crippen molar-refractivity contribution in [2.24, 2.45) is 4.99 Å². The van der Waals surface area contributed by atoms with Crippen molar-refractivity contribution >= 4 is 51.5 Å². The first-order valence-corrected chi connectivity index (χ1v) is 10.8. The predicted molar refractivity (Wildman–Crippen MR) is 115 cm³/mol. The Labute approximate surface area is 167 Å². The highest BCUT2D eigenvalue weighted by Crippen LogP contribution is 2.17. The van der Waals surface area contributed by atoms with E-state index in [-0.39, 0.29) is 35.8 Å². The van der Waals surface area contributed by atoms with Crippen molar-refractivity contribution in [1.29, 1.82) is 0 Å². The number of aliphatic imine (C=N–C) groups is 1. The molecule has 24 heavy (non-hydrogen) atoms. The SMILES string of the molecule is CN=C(NCCCSc1ccccc1)NC(C)CCS(C)(=O)=O.I. The molecule has 1 rings (SSSR count). The number of nitrogens with one attached hydrogen (secondary N) is 2. The Kier molecular flexibility index (Phi) is 12.6. The number of nitrogens with zero attached hydrogens (tertiary/aromatic N) is 1. The summed E-state index contributed by atoms with van der Waals surface area (Å²) in [6, 6.07) is 10.4. The highest BCUT2D eigenvalue weighted by Gasteiger charge is 2.09. The molecular formula is C16H28IN3O2S2. The maximum Gasteiger partial charge on any atom is 0.191 e. The number of rotatable bonds is 9.